The molecule has 5 heteroatoms. The van der Waals surface area contributed by atoms with Crippen molar-refractivity contribution < 1.29 is 0 Å². The standard InChI is InChI=1S/C13H19N5/c1-10-5-6-11(7-13(10)17(2)3)14-8-12-9-18(4)16-15-12/h5-7,9,14H,8H2,1-4H3. The first-order valence-corrected chi connectivity index (χ1v) is 5.93. The Morgan fingerprint density at radius 2 is 2.11 bits per heavy atom. The van der Waals surface area contributed by atoms with Crippen molar-refractivity contribution in [2.45, 2.75) is 13.5 Å². The van der Waals surface area contributed by atoms with Crippen molar-refractivity contribution in [3.05, 3.63) is 35.7 Å². The summed E-state index contributed by atoms with van der Waals surface area (Å²) in [5.41, 5.74) is 4.52. The van der Waals surface area contributed by atoms with Crippen LogP contribution in [0.3, 0.4) is 0 Å². The Bertz CT molecular complexity index is 530. The van der Waals surface area contributed by atoms with Crippen LogP contribution in [0.5, 0.6) is 0 Å². The lowest BCUT2D eigenvalue weighted by atomic mass is 10.1. The summed E-state index contributed by atoms with van der Waals surface area (Å²) >= 11 is 0. The molecular formula is C13H19N5. The number of nitrogens with zero attached hydrogens (tertiary/aromatic N) is 4. The molecule has 18 heavy (non-hydrogen) atoms. The fourth-order valence-corrected chi connectivity index (χ4v) is 1.87. The summed E-state index contributed by atoms with van der Waals surface area (Å²) in [6, 6.07) is 6.35. The van der Waals surface area contributed by atoms with Crippen LogP contribution >= 0.6 is 0 Å². The van der Waals surface area contributed by atoms with Gasteiger partial charge in [-0.05, 0) is 24.6 Å². The fraction of sp³-hybridized carbons (Fsp3) is 0.385. The number of rotatable bonds is 4. The number of anilines is 2. The Balaban J connectivity index is 2.08. The second kappa shape index (κ2) is 5.08. The molecule has 2 aromatic rings. The summed E-state index contributed by atoms with van der Waals surface area (Å²) in [5, 5.41) is 11.3. The first-order chi connectivity index (χ1) is 8.56. The third-order valence-electron chi connectivity index (χ3n) is 2.81. The van der Waals surface area contributed by atoms with Gasteiger partial charge in [-0.3, -0.25) is 4.68 Å². The number of hydrogen-bond donors (Lipinski definition) is 1. The zero-order valence-corrected chi connectivity index (χ0v) is 11.3. The van der Waals surface area contributed by atoms with Crippen molar-refractivity contribution in [1.82, 2.24) is 15.0 Å². The van der Waals surface area contributed by atoms with Crippen molar-refractivity contribution in [2.24, 2.45) is 7.05 Å². The molecule has 2 rings (SSSR count). The van der Waals surface area contributed by atoms with Gasteiger partial charge in [0.05, 0.1) is 6.54 Å². The second-order valence-electron chi connectivity index (χ2n) is 4.63. The molecule has 0 bridgehead atoms. The Morgan fingerprint density at radius 3 is 2.72 bits per heavy atom. The molecule has 0 amide bonds. The van der Waals surface area contributed by atoms with Crippen LogP contribution in [0.1, 0.15) is 11.3 Å². The summed E-state index contributed by atoms with van der Waals surface area (Å²) < 4.78 is 1.71. The van der Waals surface area contributed by atoms with Gasteiger partial charge in [-0.15, -0.1) is 5.10 Å². The minimum atomic E-state index is 0.684. The Labute approximate surface area is 107 Å². The van der Waals surface area contributed by atoms with E-state index in [-0.39, 0.29) is 0 Å². The fourth-order valence-electron chi connectivity index (χ4n) is 1.87. The van der Waals surface area contributed by atoms with Gasteiger partial charge in [-0.1, -0.05) is 11.3 Å². The van der Waals surface area contributed by atoms with E-state index in [0.29, 0.717) is 6.54 Å². The minimum absolute atomic E-state index is 0.684. The third-order valence-corrected chi connectivity index (χ3v) is 2.81. The molecule has 96 valence electrons. The summed E-state index contributed by atoms with van der Waals surface area (Å²) in [4.78, 5) is 2.11. The highest BCUT2D eigenvalue weighted by Crippen LogP contribution is 2.22. The number of nitrogens with one attached hydrogen (secondary N) is 1. The van der Waals surface area contributed by atoms with Gasteiger partial charge in [0.15, 0.2) is 0 Å². The molecule has 0 aliphatic rings. The first-order valence-electron chi connectivity index (χ1n) is 5.93. The summed E-state index contributed by atoms with van der Waals surface area (Å²) in [7, 11) is 5.97. The number of hydrogen-bond acceptors (Lipinski definition) is 4. The number of aryl methyl sites for hydroxylation is 2. The van der Waals surface area contributed by atoms with Crippen LogP contribution in [-0.4, -0.2) is 29.1 Å². The predicted octanol–water partition coefficient (Wildman–Crippen LogP) is 1.80. The molecule has 0 unspecified atom stereocenters. The highest BCUT2D eigenvalue weighted by molar-refractivity contribution is 5.61. The predicted molar refractivity (Wildman–Crippen MR) is 73.8 cm³/mol. The van der Waals surface area contributed by atoms with Crippen molar-refractivity contribution in [3.63, 3.8) is 0 Å². The topological polar surface area (TPSA) is 46.0 Å². The van der Waals surface area contributed by atoms with Crippen molar-refractivity contribution in [3.8, 4) is 0 Å². The van der Waals surface area contributed by atoms with E-state index >= 15 is 0 Å². The molecule has 1 aromatic heterocycles. The van der Waals surface area contributed by atoms with Crippen molar-refractivity contribution >= 4 is 11.4 Å². The van der Waals surface area contributed by atoms with Crippen LogP contribution in [0.4, 0.5) is 11.4 Å². The minimum Gasteiger partial charge on any atom is -0.379 e. The summed E-state index contributed by atoms with van der Waals surface area (Å²) in [6.07, 6.45) is 1.91. The molecule has 1 aromatic carbocycles. The lowest BCUT2D eigenvalue weighted by Crippen LogP contribution is -2.11. The van der Waals surface area contributed by atoms with Crippen LogP contribution in [-0.2, 0) is 13.6 Å². The SMILES string of the molecule is Cc1ccc(NCc2cn(C)nn2)cc1N(C)C. The van der Waals surface area contributed by atoms with Gasteiger partial charge >= 0.3 is 0 Å². The molecule has 0 atom stereocenters. The molecule has 0 fully saturated rings. The van der Waals surface area contributed by atoms with Crippen LogP contribution in [0, 0.1) is 6.92 Å². The monoisotopic (exact) mass is 245 g/mol. The summed E-state index contributed by atoms with van der Waals surface area (Å²) in [5.74, 6) is 0. The van der Waals surface area contributed by atoms with E-state index in [2.05, 4.69) is 59.7 Å². The maximum Gasteiger partial charge on any atom is 0.102 e. The van der Waals surface area contributed by atoms with E-state index in [1.165, 1.54) is 11.3 Å². The highest BCUT2D eigenvalue weighted by atomic mass is 15.4. The van der Waals surface area contributed by atoms with E-state index < -0.39 is 0 Å². The zero-order valence-electron chi connectivity index (χ0n) is 11.3. The molecule has 5 nitrogen and oxygen atoms in total. The number of benzene rings is 1. The molecule has 0 spiro atoms. The van der Waals surface area contributed by atoms with Gasteiger partial charge in [0.25, 0.3) is 0 Å². The van der Waals surface area contributed by atoms with E-state index in [1.807, 2.05) is 13.2 Å². The molecule has 0 saturated carbocycles. The van der Waals surface area contributed by atoms with E-state index in [9.17, 15) is 0 Å². The van der Waals surface area contributed by atoms with Gasteiger partial charge in [-0.25, -0.2) is 0 Å². The van der Waals surface area contributed by atoms with E-state index in [4.69, 9.17) is 0 Å². The van der Waals surface area contributed by atoms with Gasteiger partial charge in [-0.2, -0.15) is 0 Å². The molecule has 0 radical (unpaired) electrons. The average Bonchev–Trinajstić information content (AvgIpc) is 2.74. The lowest BCUT2D eigenvalue weighted by molar-refractivity contribution is 0.713. The molecule has 0 saturated heterocycles. The average molecular weight is 245 g/mol. The largest absolute Gasteiger partial charge is 0.379 e. The maximum absolute atomic E-state index is 4.05. The molecule has 0 aliphatic carbocycles. The normalized spacial score (nSPS) is 10.4. The molecular weight excluding hydrogens is 226 g/mol. The Kier molecular flexibility index (Phi) is 3.50. The number of aromatic nitrogens is 3. The summed E-state index contributed by atoms with van der Waals surface area (Å²) in [6.45, 7) is 2.80. The third kappa shape index (κ3) is 2.80. The van der Waals surface area contributed by atoms with Crippen molar-refractivity contribution in [2.75, 3.05) is 24.3 Å². The quantitative estimate of drug-likeness (QED) is 0.892. The van der Waals surface area contributed by atoms with E-state index in [1.54, 1.807) is 4.68 Å². The van der Waals surface area contributed by atoms with Gasteiger partial charge in [0.2, 0.25) is 0 Å². The van der Waals surface area contributed by atoms with Crippen LogP contribution in [0.25, 0.3) is 0 Å². The molecule has 1 heterocycles. The Morgan fingerprint density at radius 1 is 1.33 bits per heavy atom. The van der Waals surface area contributed by atoms with Crippen molar-refractivity contribution in [1.29, 1.82) is 0 Å². The van der Waals surface area contributed by atoms with Crippen LogP contribution in [0.15, 0.2) is 24.4 Å². The van der Waals surface area contributed by atoms with Gasteiger partial charge < -0.3 is 10.2 Å². The zero-order chi connectivity index (χ0) is 13.1. The highest BCUT2D eigenvalue weighted by Gasteiger charge is 2.03. The van der Waals surface area contributed by atoms with Crippen LogP contribution in [0.2, 0.25) is 0 Å². The maximum atomic E-state index is 4.05. The van der Waals surface area contributed by atoms with E-state index in [0.717, 1.165) is 11.4 Å². The van der Waals surface area contributed by atoms with Gasteiger partial charge in [0.1, 0.15) is 5.69 Å². The van der Waals surface area contributed by atoms with Gasteiger partial charge in [0, 0.05) is 38.7 Å². The molecule has 1 N–H and O–H groups in total. The smallest absolute Gasteiger partial charge is 0.102 e. The second-order valence-corrected chi connectivity index (χ2v) is 4.63. The lowest BCUT2D eigenvalue weighted by Gasteiger charge is -2.17. The first kappa shape index (κ1) is 12.4. The van der Waals surface area contributed by atoms with Crippen LogP contribution < -0.4 is 10.2 Å². The molecule has 0 aliphatic heterocycles. The Hall–Kier alpha value is -2.04.